The Morgan fingerprint density at radius 2 is 2.44 bits per heavy atom. The van der Waals surface area contributed by atoms with Gasteiger partial charge < -0.3 is 10.2 Å². The fourth-order valence-corrected chi connectivity index (χ4v) is 1.65. The molecule has 0 radical (unpaired) electrons. The monoisotopic (exact) mass is 246 g/mol. The molecule has 1 saturated heterocycles. The van der Waals surface area contributed by atoms with Gasteiger partial charge in [0.25, 0.3) is 0 Å². The summed E-state index contributed by atoms with van der Waals surface area (Å²) in [6.45, 7) is 4.64. The maximum Gasteiger partial charge on any atom is 0.244 e. The lowest BCUT2D eigenvalue weighted by Gasteiger charge is -2.31. The minimum atomic E-state index is 0. The van der Waals surface area contributed by atoms with Gasteiger partial charge in [0.1, 0.15) is 12.9 Å². The van der Waals surface area contributed by atoms with E-state index in [4.69, 9.17) is 0 Å². The Bertz CT molecular complexity index is 329. The molecule has 1 fully saturated rings. The molecule has 1 aliphatic heterocycles. The van der Waals surface area contributed by atoms with Crippen LogP contribution in [0.25, 0.3) is 0 Å². The van der Waals surface area contributed by atoms with Gasteiger partial charge in [-0.05, 0) is 17.4 Å². The lowest BCUT2D eigenvalue weighted by molar-refractivity contribution is -0.133. The molecule has 1 amide bonds. The molecule has 16 heavy (non-hydrogen) atoms. The first-order valence-electron chi connectivity index (χ1n) is 4.97. The van der Waals surface area contributed by atoms with Crippen LogP contribution in [0.15, 0.2) is 6.33 Å². The average molecular weight is 247 g/mol. The summed E-state index contributed by atoms with van der Waals surface area (Å²) in [6.07, 6.45) is 1.45. The number of nitrogens with one attached hydrogen (secondary N) is 1. The number of carbonyl (C=O) groups excluding carboxylic acids is 1. The Kier molecular flexibility index (Phi) is 4.63. The number of nitrogens with zero attached hydrogens (tertiary/aromatic N) is 5. The SMILES string of the molecule is C[C@H]1CN(C(=O)Cn2cnnn2)CCN1.Cl. The maximum atomic E-state index is 11.8. The molecular formula is C8H15ClN6O. The van der Waals surface area contributed by atoms with Gasteiger partial charge in [0, 0.05) is 25.7 Å². The summed E-state index contributed by atoms with van der Waals surface area (Å²) in [7, 11) is 0. The van der Waals surface area contributed by atoms with Gasteiger partial charge in [-0.1, -0.05) is 0 Å². The maximum absolute atomic E-state index is 11.8. The Hall–Kier alpha value is -1.21. The predicted molar refractivity (Wildman–Crippen MR) is 59.1 cm³/mol. The van der Waals surface area contributed by atoms with E-state index in [1.807, 2.05) is 4.90 Å². The molecule has 0 aliphatic carbocycles. The molecule has 2 rings (SSSR count). The summed E-state index contributed by atoms with van der Waals surface area (Å²) in [5, 5.41) is 13.9. The quantitative estimate of drug-likeness (QED) is 0.718. The minimum absolute atomic E-state index is 0. The van der Waals surface area contributed by atoms with Crippen molar-refractivity contribution in [3.63, 3.8) is 0 Å². The summed E-state index contributed by atoms with van der Waals surface area (Å²) in [5.74, 6) is 0.0654. The van der Waals surface area contributed by atoms with Crippen LogP contribution in [-0.2, 0) is 11.3 Å². The van der Waals surface area contributed by atoms with Crippen molar-refractivity contribution in [2.24, 2.45) is 0 Å². The molecule has 0 aromatic carbocycles. The molecule has 2 heterocycles. The smallest absolute Gasteiger partial charge is 0.244 e. The van der Waals surface area contributed by atoms with E-state index in [1.54, 1.807) is 0 Å². The number of aromatic nitrogens is 4. The van der Waals surface area contributed by atoms with Crippen LogP contribution in [0.5, 0.6) is 0 Å². The van der Waals surface area contributed by atoms with Crippen LogP contribution in [0, 0.1) is 0 Å². The zero-order valence-electron chi connectivity index (χ0n) is 9.04. The third-order valence-electron chi connectivity index (χ3n) is 2.41. The van der Waals surface area contributed by atoms with Gasteiger partial charge >= 0.3 is 0 Å². The van der Waals surface area contributed by atoms with E-state index in [0.717, 1.165) is 19.6 Å². The third kappa shape index (κ3) is 3.14. The van der Waals surface area contributed by atoms with E-state index >= 15 is 0 Å². The molecule has 8 heteroatoms. The molecule has 0 bridgehead atoms. The summed E-state index contributed by atoms with van der Waals surface area (Å²) >= 11 is 0. The summed E-state index contributed by atoms with van der Waals surface area (Å²) in [4.78, 5) is 13.6. The number of amides is 1. The second-order valence-corrected chi connectivity index (χ2v) is 3.70. The van der Waals surface area contributed by atoms with Gasteiger partial charge in [-0.2, -0.15) is 0 Å². The number of tetrazole rings is 1. The lowest BCUT2D eigenvalue weighted by Crippen LogP contribution is -2.52. The van der Waals surface area contributed by atoms with Gasteiger partial charge in [-0.3, -0.25) is 4.79 Å². The average Bonchev–Trinajstić information content (AvgIpc) is 2.70. The highest BCUT2D eigenvalue weighted by molar-refractivity contribution is 5.85. The number of hydrogen-bond acceptors (Lipinski definition) is 5. The fourth-order valence-electron chi connectivity index (χ4n) is 1.65. The van der Waals surface area contributed by atoms with E-state index in [-0.39, 0.29) is 24.9 Å². The van der Waals surface area contributed by atoms with E-state index in [0.29, 0.717) is 6.04 Å². The normalized spacial score (nSPS) is 20.3. The van der Waals surface area contributed by atoms with Gasteiger partial charge in [-0.25, -0.2) is 4.68 Å². The standard InChI is InChI=1S/C8H14N6O.ClH/c1-7-4-13(3-2-9-7)8(15)5-14-6-10-11-12-14;/h6-7,9H,2-5H2,1H3;1H/t7-;/m0./s1. The van der Waals surface area contributed by atoms with Gasteiger partial charge in [0.2, 0.25) is 5.91 Å². The Labute approximate surface area is 99.6 Å². The van der Waals surface area contributed by atoms with Crippen molar-refractivity contribution in [1.82, 2.24) is 30.4 Å². The summed E-state index contributed by atoms with van der Waals surface area (Å²) in [6, 6.07) is 0.358. The number of hydrogen-bond donors (Lipinski definition) is 1. The van der Waals surface area contributed by atoms with Crippen LogP contribution in [0.2, 0.25) is 0 Å². The molecule has 1 atom stereocenters. The van der Waals surface area contributed by atoms with E-state index in [9.17, 15) is 4.79 Å². The zero-order chi connectivity index (χ0) is 10.7. The molecule has 0 spiro atoms. The molecule has 7 nitrogen and oxygen atoms in total. The first-order chi connectivity index (χ1) is 7.25. The molecule has 1 aliphatic rings. The molecule has 90 valence electrons. The van der Waals surface area contributed by atoms with Crippen LogP contribution in [-0.4, -0.2) is 56.7 Å². The second kappa shape index (κ2) is 5.76. The first kappa shape index (κ1) is 12.9. The van der Waals surface area contributed by atoms with Crippen molar-refractivity contribution >= 4 is 18.3 Å². The highest BCUT2D eigenvalue weighted by Gasteiger charge is 2.20. The van der Waals surface area contributed by atoms with E-state index < -0.39 is 0 Å². The predicted octanol–water partition coefficient (Wildman–Crippen LogP) is -1.08. The Balaban J connectivity index is 0.00000128. The van der Waals surface area contributed by atoms with Crippen LogP contribution in [0.3, 0.4) is 0 Å². The first-order valence-corrected chi connectivity index (χ1v) is 4.97. The Morgan fingerprint density at radius 3 is 3.06 bits per heavy atom. The van der Waals surface area contributed by atoms with Crippen LogP contribution < -0.4 is 5.32 Å². The van der Waals surface area contributed by atoms with Crippen LogP contribution >= 0.6 is 12.4 Å². The largest absolute Gasteiger partial charge is 0.338 e. The third-order valence-corrected chi connectivity index (χ3v) is 2.41. The van der Waals surface area contributed by atoms with Gasteiger partial charge in [0.15, 0.2) is 0 Å². The number of carbonyl (C=O) groups is 1. The molecule has 0 unspecified atom stereocenters. The van der Waals surface area contributed by atoms with Crippen LogP contribution in [0.1, 0.15) is 6.92 Å². The summed E-state index contributed by atoms with van der Waals surface area (Å²) < 4.78 is 1.44. The van der Waals surface area contributed by atoms with Crippen molar-refractivity contribution < 1.29 is 4.79 Å². The number of rotatable bonds is 2. The van der Waals surface area contributed by atoms with Crippen LogP contribution in [0.4, 0.5) is 0 Å². The minimum Gasteiger partial charge on any atom is -0.338 e. The number of piperazine rings is 1. The Morgan fingerprint density at radius 1 is 1.62 bits per heavy atom. The van der Waals surface area contributed by atoms with Crippen molar-refractivity contribution in [3.05, 3.63) is 6.33 Å². The van der Waals surface area contributed by atoms with Gasteiger partial charge in [-0.15, -0.1) is 17.5 Å². The van der Waals surface area contributed by atoms with Crippen molar-refractivity contribution in [2.75, 3.05) is 19.6 Å². The highest BCUT2D eigenvalue weighted by Crippen LogP contribution is 2.00. The zero-order valence-corrected chi connectivity index (χ0v) is 9.85. The van der Waals surface area contributed by atoms with E-state index in [2.05, 4.69) is 27.8 Å². The van der Waals surface area contributed by atoms with Crippen molar-refractivity contribution in [3.8, 4) is 0 Å². The molecule has 0 saturated carbocycles. The molecular weight excluding hydrogens is 232 g/mol. The highest BCUT2D eigenvalue weighted by atomic mass is 35.5. The lowest BCUT2D eigenvalue weighted by atomic mass is 10.2. The van der Waals surface area contributed by atoms with E-state index in [1.165, 1.54) is 11.0 Å². The molecule has 1 N–H and O–H groups in total. The topological polar surface area (TPSA) is 75.9 Å². The summed E-state index contributed by atoms with van der Waals surface area (Å²) in [5.41, 5.74) is 0. The van der Waals surface area contributed by atoms with Crippen molar-refractivity contribution in [2.45, 2.75) is 19.5 Å². The van der Waals surface area contributed by atoms with Gasteiger partial charge in [0.05, 0.1) is 0 Å². The molecule has 1 aromatic rings. The van der Waals surface area contributed by atoms with Crippen molar-refractivity contribution in [1.29, 1.82) is 0 Å². The second-order valence-electron chi connectivity index (χ2n) is 3.70. The number of halogens is 1. The molecule has 1 aromatic heterocycles. The fraction of sp³-hybridized carbons (Fsp3) is 0.750.